The number of unbranched alkanes of at least 4 members (excludes halogenated alkanes) is 1. The van der Waals surface area contributed by atoms with Crippen molar-refractivity contribution < 1.29 is 4.74 Å². The van der Waals surface area contributed by atoms with Crippen molar-refractivity contribution in [3.05, 3.63) is 28.2 Å². The van der Waals surface area contributed by atoms with Gasteiger partial charge in [0.1, 0.15) is 5.75 Å². The fraction of sp³-hybridized carbons (Fsp3) is 0.571. The van der Waals surface area contributed by atoms with Gasteiger partial charge in [0.2, 0.25) is 0 Å². The van der Waals surface area contributed by atoms with E-state index >= 15 is 0 Å². The minimum atomic E-state index is 0.700. The Bertz CT molecular complexity index is 358. The van der Waals surface area contributed by atoms with Gasteiger partial charge in [0.05, 0.1) is 7.11 Å². The van der Waals surface area contributed by atoms with E-state index in [2.05, 4.69) is 33.8 Å². The molecule has 0 fully saturated rings. The molecular formula is C14H23BrN2O. The summed E-state index contributed by atoms with van der Waals surface area (Å²) in [6.45, 7) is 5.85. The lowest BCUT2D eigenvalue weighted by molar-refractivity contribution is 0.267. The Kier molecular flexibility index (Phi) is 7.32. The lowest BCUT2D eigenvalue weighted by Crippen LogP contribution is -2.30. The van der Waals surface area contributed by atoms with Crippen LogP contribution in [0.25, 0.3) is 0 Å². The van der Waals surface area contributed by atoms with Crippen molar-refractivity contribution in [3.8, 4) is 5.75 Å². The molecule has 0 spiro atoms. The maximum Gasteiger partial charge on any atom is 0.119 e. The zero-order valence-electron chi connectivity index (χ0n) is 11.3. The molecule has 18 heavy (non-hydrogen) atoms. The number of hydrogen-bond donors (Lipinski definition) is 1. The van der Waals surface area contributed by atoms with Crippen molar-refractivity contribution in [1.29, 1.82) is 0 Å². The molecule has 3 nitrogen and oxygen atoms in total. The summed E-state index contributed by atoms with van der Waals surface area (Å²) in [5, 5.41) is 0. The molecule has 102 valence electrons. The Balaban J connectivity index is 2.72. The van der Waals surface area contributed by atoms with Gasteiger partial charge in [-0.05, 0) is 36.7 Å². The van der Waals surface area contributed by atoms with Crippen molar-refractivity contribution in [2.75, 3.05) is 26.7 Å². The molecule has 0 atom stereocenters. The normalized spacial score (nSPS) is 10.9. The third-order valence-corrected chi connectivity index (χ3v) is 3.69. The van der Waals surface area contributed by atoms with Crippen molar-refractivity contribution >= 4 is 15.9 Å². The highest BCUT2D eigenvalue weighted by molar-refractivity contribution is 9.10. The number of ether oxygens (including phenoxy) is 1. The van der Waals surface area contributed by atoms with E-state index in [0.29, 0.717) is 6.54 Å². The summed E-state index contributed by atoms with van der Waals surface area (Å²) in [5.74, 6) is 0.899. The molecule has 0 heterocycles. The largest absolute Gasteiger partial charge is 0.497 e. The second kappa shape index (κ2) is 8.51. The van der Waals surface area contributed by atoms with Gasteiger partial charge in [0, 0.05) is 24.1 Å². The van der Waals surface area contributed by atoms with E-state index in [4.69, 9.17) is 10.5 Å². The fourth-order valence-corrected chi connectivity index (χ4v) is 2.25. The molecule has 0 aromatic heterocycles. The van der Waals surface area contributed by atoms with Crippen LogP contribution in [0.3, 0.4) is 0 Å². The third-order valence-electron chi connectivity index (χ3n) is 2.92. The Morgan fingerprint density at radius 3 is 2.72 bits per heavy atom. The predicted molar refractivity (Wildman–Crippen MR) is 79.9 cm³/mol. The minimum Gasteiger partial charge on any atom is -0.497 e. The number of methoxy groups -OCH3 is 1. The van der Waals surface area contributed by atoms with Gasteiger partial charge in [-0.1, -0.05) is 29.3 Å². The van der Waals surface area contributed by atoms with Gasteiger partial charge in [-0.25, -0.2) is 0 Å². The van der Waals surface area contributed by atoms with Crippen LogP contribution < -0.4 is 10.5 Å². The first-order valence-electron chi connectivity index (χ1n) is 6.46. The summed E-state index contributed by atoms with van der Waals surface area (Å²) in [5.41, 5.74) is 6.92. The van der Waals surface area contributed by atoms with Crippen molar-refractivity contribution in [2.24, 2.45) is 5.73 Å². The van der Waals surface area contributed by atoms with E-state index in [1.807, 2.05) is 12.1 Å². The summed E-state index contributed by atoms with van der Waals surface area (Å²) >= 11 is 3.59. The summed E-state index contributed by atoms with van der Waals surface area (Å²) in [4.78, 5) is 2.39. The average Bonchev–Trinajstić information content (AvgIpc) is 2.38. The molecule has 0 radical (unpaired) electrons. The number of hydrogen-bond acceptors (Lipinski definition) is 3. The summed E-state index contributed by atoms with van der Waals surface area (Å²) in [6.07, 6.45) is 2.42. The predicted octanol–water partition coefficient (Wildman–Crippen LogP) is 3.02. The summed E-state index contributed by atoms with van der Waals surface area (Å²) < 4.78 is 6.40. The van der Waals surface area contributed by atoms with Gasteiger partial charge in [0.15, 0.2) is 0 Å². The zero-order chi connectivity index (χ0) is 13.4. The molecule has 0 saturated carbocycles. The molecule has 1 aromatic rings. The first-order chi connectivity index (χ1) is 8.71. The topological polar surface area (TPSA) is 38.5 Å². The van der Waals surface area contributed by atoms with Crippen LogP contribution >= 0.6 is 15.9 Å². The van der Waals surface area contributed by atoms with Gasteiger partial charge in [-0.2, -0.15) is 0 Å². The van der Waals surface area contributed by atoms with Crippen LogP contribution in [-0.2, 0) is 6.54 Å². The molecule has 0 aliphatic rings. The Morgan fingerprint density at radius 1 is 1.33 bits per heavy atom. The van der Waals surface area contributed by atoms with Crippen LogP contribution in [0.1, 0.15) is 25.3 Å². The smallest absolute Gasteiger partial charge is 0.119 e. The molecule has 0 amide bonds. The Hall–Kier alpha value is -0.580. The molecule has 1 rings (SSSR count). The lowest BCUT2D eigenvalue weighted by Gasteiger charge is -2.22. The van der Waals surface area contributed by atoms with Crippen LogP contribution in [0, 0.1) is 0 Å². The van der Waals surface area contributed by atoms with Gasteiger partial charge >= 0.3 is 0 Å². The van der Waals surface area contributed by atoms with Crippen molar-refractivity contribution in [3.63, 3.8) is 0 Å². The van der Waals surface area contributed by atoms with Crippen LogP contribution in [0.5, 0.6) is 5.75 Å². The van der Waals surface area contributed by atoms with E-state index in [9.17, 15) is 0 Å². The van der Waals surface area contributed by atoms with Crippen LogP contribution in [0.4, 0.5) is 0 Å². The Morgan fingerprint density at radius 2 is 2.11 bits per heavy atom. The van der Waals surface area contributed by atoms with Crippen molar-refractivity contribution in [1.82, 2.24) is 4.90 Å². The van der Waals surface area contributed by atoms with Crippen LogP contribution in [-0.4, -0.2) is 31.6 Å². The van der Waals surface area contributed by atoms with Gasteiger partial charge < -0.3 is 10.5 Å². The highest BCUT2D eigenvalue weighted by Gasteiger charge is 2.08. The first-order valence-corrected chi connectivity index (χ1v) is 7.25. The maximum atomic E-state index is 5.67. The van der Waals surface area contributed by atoms with E-state index in [0.717, 1.165) is 29.9 Å². The van der Waals surface area contributed by atoms with Crippen molar-refractivity contribution in [2.45, 2.75) is 26.3 Å². The molecule has 0 bridgehead atoms. The molecule has 1 aromatic carbocycles. The standard InChI is InChI=1S/C14H23BrN2O/c1-3-4-8-17(9-7-16)11-12-10-13(18-2)5-6-14(12)15/h5-6,10H,3-4,7-9,11,16H2,1-2H3. The van der Waals surface area contributed by atoms with Gasteiger partial charge in [-0.15, -0.1) is 0 Å². The number of nitrogens with zero attached hydrogens (tertiary/aromatic N) is 1. The Labute approximate surface area is 118 Å². The summed E-state index contributed by atoms with van der Waals surface area (Å²) in [6, 6.07) is 6.08. The SMILES string of the molecule is CCCCN(CCN)Cc1cc(OC)ccc1Br. The third kappa shape index (κ3) is 4.96. The summed E-state index contributed by atoms with van der Waals surface area (Å²) in [7, 11) is 1.70. The second-order valence-corrected chi connectivity index (χ2v) is 5.23. The molecule has 4 heteroatoms. The molecule has 0 unspecified atom stereocenters. The van der Waals surface area contributed by atoms with E-state index in [1.54, 1.807) is 7.11 Å². The quantitative estimate of drug-likeness (QED) is 0.801. The van der Waals surface area contributed by atoms with E-state index in [-0.39, 0.29) is 0 Å². The average molecular weight is 315 g/mol. The highest BCUT2D eigenvalue weighted by Crippen LogP contribution is 2.23. The number of nitrogens with two attached hydrogens (primary N) is 1. The lowest BCUT2D eigenvalue weighted by atomic mass is 10.2. The maximum absolute atomic E-state index is 5.67. The number of rotatable bonds is 8. The number of benzene rings is 1. The minimum absolute atomic E-state index is 0.700. The number of halogens is 1. The molecule has 2 N–H and O–H groups in total. The van der Waals surface area contributed by atoms with Gasteiger partial charge in [-0.3, -0.25) is 4.90 Å². The molecular weight excluding hydrogens is 292 g/mol. The van der Waals surface area contributed by atoms with Gasteiger partial charge in [0.25, 0.3) is 0 Å². The molecule has 0 aliphatic heterocycles. The van der Waals surface area contributed by atoms with Crippen LogP contribution in [0.2, 0.25) is 0 Å². The van der Waals surface area contributed by atoms with E-state index in [1.165, 1.54) is 18.4 Å². The fourth-order valence-electron chi connectivity index (χ4n) is 1.87. The van der Waals surface area contributed by atoms with E-state index < -0.39 is 0 Å². The second-order valence-electron chi connectivity index (χ2n) is 4.38. The monoisotopic (exact) mass is 314 g/mol. The van der Waals surface area contributed by atoms with Crippen LogP contribution in [0.15, 0.2) is 22.7 Å². The molecule has 0 aliphatic carbocycles. The highest BCUT2D eigenvalue weighted by atomic mass is 79.9. The molecule has 0 saturated heterocycles. The first kappa shape index (κ1) is 15.5. The zero-order valence-corrected chi connectivity index (χ0v) is 12.9.